The van der Waals surface area contributed by atoms with Crippen LogP contribution in [-0.4, -0.2) is 42.3 Å². The van der Waals surface area contributed by atoms with Crippen molar-refractivity contribution in [1.82, 2.24) is 9.62 Å². The van der Waals surface area contributed by atoms with Gasteiger partial charge in [0.15, 0.2) is 0 Å². The van der Waals surface area contributed by atoms with E-state index in [0.717, 1.165) is 47.2 Å². The summed E-state index contributed by atoms with van der Waals surface area (Å²) in [5.41, 5.74) is 1.90. The van der Waals surface area contributed by atoms with Crippen LogP contribution in [0, 0.1) is 12.8 Å². The zero-order valence-corrected chi connectivity index (χ0v) is 21.9. The summed E-state index contributed by atoms with van der Waals surface area (Å²) in [6.45, 7) is 7.63. The molecule has 0 radical (unpaired) electrons. The first-order valence-corrected chi connectivity index (χ1v) is 13.3. The van der Waals surface area contributed by atoms with Gasteiger partial charge in [0.1, 0.15) is 0 Å². The van der Waals surface area contributed by atoms with Gasteiger partial charge in [0.05, 0.1) is 5.69 Å². The Bertz CT molecular complexity index is 1260. The molecule has 36 heavy (non-hydrogen) atoms. The van der Waals surface area contributed by atoms with E-state index in [-0.39, 0.29) is 17.9 Å². The number of carbonyl (C=O) groups excluding carboxylic acids is 3. The minimum Gasteiger partial charge on any atom is -0.342 e. The van der Waals surface area contributed by atoms with E-state index >= 15 is 0 Å². The first kappa shape index (κ1) is 25.9. The van der Waals surface area contributed by atoms with Crippen molar-refractivity contribution in [3.8, 4) is 0 Å². The van der Waals surface area contributed by atoms with Crippen LogP contribution in [0.25, 0.3) is 10.8 Å². The molecule has 0 bridgehead atoms. The van der Waals surface area contributed by atoms with Gasteiger partial charge in [0.2, 0.25) is 12.3 Å². The highest BCUT2D eigenvalue weighted by molar-refractivity contribution is 7.97. The summed E-state index contributed by atoms with van der Waals surface area (Å²) in [5.74, 6) is 0.247. The maximum atomic E-state index is 13.3. The van der Waals surface area contributed by atoms with E-state index in [4.69, 9.17) is 0 Å². The van der Waals surface area contributed by atoms with Crippen molar-refractivity contribution < 1.29 is 14.4 Å². The van der Waals surface area contributed by atoms with E-state index in [1.807, 2.05) is 67.3 Å². The molecule has 4 rings (SSSR count). The molecule has 3 aromatic rings. The summed E-state index contributed by atoms with van der Waals surface area (Å²) in [7, 11) is 0. The van der Waals surface area contributed by atoms with Crippen molar-refractivity contribution in [2.45, 2.75) is 51.0 Å². The average Bonchev–Trinajstić information content (AvgIpc) is 2.89. The Morgan fingerprint density at radius 2 is 1.81 bits per heavy atom. The maximum absolute atomic E-state index is 13.3. The van der Waals surface area contributed by atoms with Crippen LogP contribution in [0.5, 0.6) is 0 Å². The number of imide groups is 1. The highest BCUT2D eigenvalue weighted by Gasteiger charge is 2.28. The van der Waals surface area contributed by atoms with Crippen LogP contribution < -0.4 is 9.62 Å². The van der Waals surface area contributed by atoms with Crippen LogP contribution in [0.3, 0.4) is 0 Å². The monoisotopic (exact) mass is 503 g/mol. The zero-order chi connectivity index (χ0) is 25.7. The van der Waals surface area contributed by atoms with Crippen molar-refractivity contribution >= 4 is 46.6 Å². The number of amides is 3. The van der Waals surface area contributed by atoms with E-state index in [1.165, 1.54) is 4.90 Å². The SMILES string of the molecule is CCCC(=O)N1CCC(NSc2ccc(N(C=O)C(=O)c3ccccc3C)c3ccccc23)C(C)C1. The summed E-state index contributed by atoms with van der Waals surface area (Å²) in [4.78, 5) is 41.9. The topological polar surface area (TPSA) is 69.7 Å². The van der Waals surface area contributed by atoms with Gasteiger partial charge in [-0.25, -0.2) is 4.90 Å². The van der Waals surface area contributed by atoms with Crippen LogP contribution in [0.2, 0.25) is 0 Å². The highest BCUT2D eigenvalue weighted by atomic mass is 32.2. The summed E-state index contributed by atoms with van der Waals surface area (Å²) < 4.78 is 3.62. The summed E-state index contributed by atoms with van der Waals surface area (Å²) in [5, 5.41) is 1.81. The maximum Gasteiger partial charge on any atom is 0.265 e. The number of aryl methyl sites for hydroxylation is 1. The summed E-state index contributed by atoms with van der Waals surface area (Å²) >= 11 is 1.57. The molecule has 0 spiro atoms. The predicted molar refractivity (Wildman–Crippen MR) is 146 cm³/mol. The highest BCUT2D eigenvalue weighted by Crippen LogP contribution is 2.35. The molecule has 3 aromatic carbocycles. The second kappa shape index (κ2) is 11.7. The Labute approximate surface area is 217 Å². The van der Waals surface area contributed by atoms with Gasteiger partial charge in [-0.2, -0.15) is 0 Å². The fraction of sp³-hybridized carbons (Fsp3) is 0.345. The van der Waals surface area contributed by atoms with Crippen LogP contribution >= 0.6 is 11.9 Å². The fourth-order valence-electron chi connectivity index (χ4n) is 4.77. The van der Waals surface area contributed by atoms with Gasteiger partial charge in [-0.1, -0.05) is 56.3 Å². The number of hydrogen-bond donors (Lipinski definition) is 1. The first-order chi connectivity index (χ1) is 17.4. The van der Waals surface area contributed by atoms with Gasteiger partial charge in [0.25, 0.3) is 5.91 Å². The van der Waals surface area contributed by atoms with Gasteiger partial charge in [0, 0.05) is 41.4 Å². The molecule has 1 N–H and O–H groups in total. The number of piperidine rings is 1. The first-order valence-electron chi connectivity index (χ1n) is 12.5. The number of benzene rings is 3. The smallest absolute Gasteiger partial charge is 0.265 e. The third-order valence-corrected chi connectivity index (χ3v) is 7.86. The molecular weight excluding hydrogens is 470 g/mol. The average molecular weight is 504 g/mol. The zero-order valence-electron chi connectivity index (χ0n) is 21.1. The van der Waals surface area contributed by atoms with E-state index < -0.39 is 0 Å². The lowest BCUT2D eigenvalue weighted by Gasteiger charge is -2.37. The molecule has 0 saturated carbocycles. The summed E-state index contributed by atoms with van der Waals surface area (Å²) in [6.07, 6.45) is 2.99. The molecular formula is C29H33N3O3S. The Balaban J connectivity index is 1.54. The van der Waals surface area contributed by atoms with Gasteiger partial charge >= 0.3 is 0 Å². The van der Waals surface area contributed by atoms with Crippen molar-refractivity contribution in [2.24, 2.45) is 5.92 Å². The van der Waals surface area contributed by atoms with Crippen molar-refractivity contribution in [2.75, 3.05) is 18.0 Å². The van der Waals surface area contributed by atoms with E-state index in [9.17, 15) is 14.4 Å². The fourth-order valence-corrected chi connectivity index (χ4v) is 5.82. The van der Waals surface area contributed by atoms with E-state index in [0.29, 0.717) is 30.0 Å². The molecule has 188 valence electrons. The molecule has 0 aromatic heterocycles. The molecule has 6 nitrogen and oxygen atoms in total. The van der Waals surface area contributed by atoms with Crippen LogP contribution in [0.15, 0.2) is 65.6 Å². The van der Waals surface area contributed by atoms with Gasteiger partial charge < -0.3 is 4.90 Å². The lowest BCUT2D eigenvalue weighted by atomic mass is 9.94. The molecule has 1 heterocycles. The quantitative estimate of drug-likeness (QED) is 0.321. The normalized spacial score (nSPS) is 17.7. The number of rotatable bonds is 8. The van der Waals surface area contributed by atoms with Crippen molar-refractivity contribution in [3.63, 3.8) is 0 Å². The minimum atomic E-state index is -0.343. The Hall–Kier alpha value is -3.16. The third-order valence-electron chi connectivity index (χ3n) is 6.86. The van der Waals surface area contributed by atoms with Crippen molar-refractivity contribution in [1.29, 1.82) is 0 Å². The van der Waals surface area contributed by atoms with Crippen LogP contribution in [0.4, 0.5) is 5.69 Å². The third kappa shape index (κ3) is 5.47. The molecule has 1 saturated heterocycles. The largest absolute Gasteiger partial charge is 0.342 e. The Morgan fingerprint density at radius 3 is 2.50 bits per heavy atom. The number of nitrogens with zero attached hydrogens (tertiary/aromatic N) is 2. The molecule has 1 fully saturated rings. The van der Waals surface area contributed by atoms with Gasteiger partial charge in [-0.15, -0.1) is 0 Å². The molecule has 0 aliphatic carbocycles. The predicted octanol–water partition coefficient (Wildman–Crippen LogP) is 5.59. The number of fused-ring (bicyclic) bond motifs is 1. The number of carbonyl (C=O) groups is 3. The lowest BCUT2D eigenvalue weighted by Crippen LogP contribution is -2.48. The van der Waals surface area contributed by atoms with Gasteiger partial charge in [-0.05, 0) is 66.8 Å². The lowest BCUT2D eigenvalue weighted by molar-refractivity contribution is -0.133. The molecule has 2 atom stereocenters. The molecule has 2 unspecified atom stereocenters. The second-order valence-electron chi connectivity index (χ2n) is 9.41. The number of likely N-dealkylation sites (tertiary alicyclic amines) is 1. The van der Waals surface area contributed by atoms with Crippen LogP contribution in [0.1, 0.15) is 49.0 Å². The minimum absolute atomic E-state index is 0.247. The summed E-state index contributed by atoms with van der Waals surface area (Å²) in [6, 6.07) is 19.2. The van der Waals surface area contributed by atoms with E-state index in [1.54, 1.807) is 24.1 Å². The van der Waals surface area contributed by atoms with Crippen LogP contribution in [-0.2, 0) is 9.59 Å². The molecule has 7 heteroatoms. The second-order valence-corrected chi connectivity index (χ2v) is 10.3. The number of hydrogen-bond acceptors (Lipinski definition) is 5. The van der Waals surface area contributed by atoms with E-state index in [2.05, 4.69) is 11.6 Å². The van der Waals surface area contributed by atoms with Gasteiger partial charge in [-0.3, -0.25) is 19.1 Å². The van der Waals surface area contributed by atoms with Crippen molar-refractivity contribution in [3.05, 3.63) is 71.8 Å². The number of anilines is 1. The molecule has 3 amide bonds. The number of nitrogens with one attached hydrogen (secondary N) is 1. The Kier molecular flexibility index (Phi) is 8.44. The Morgan fingerprint density at radius 1 is 1.08 bits per heavy atom. The molecule has 1 aliphatic heterocycles. The standard InChI is InChI=1S/C29H33N3O3S/c1-4-9-28(34)31-17-16-25(21(3)18-31)30-36-27-15-14-26(23-12-7-8-13-24(23)27)32(19-33)29(35)22-11-6-5-10-20(22)2/h5-8,10-15,19,21,25,30H,4,9,16-18H2,1-3H3. The molecule has 1 aliphatic rings.